The van der Waals surface area contributed by atoms with E-state index in [1.54, 1.807) is 26.8 Å². The van der Waals surface area contributed by atoms with Crippen LogP contribution in [-0.2, 0) is 9.59 Å². The Labute approximate surface area is 117 Å². The molecule has 20 heavy (non-hydrogen) atoms. The van der Waals surface area contributed by atoms with Crippen molar-refractivity contribution in [2.45, 2.75) is 32.7 Å². The molecule has 2 rings (SSSR count). The van der Waals surface area contributed by atoms with E-state index in [1.807, 2.05) is 18.2 Å². The molecule has 2 atom stereocenters. The topological polar surface area (TPSA) is 75.6 Å². The number of carbonyl (C=O) groups is 2. The van der Waals surface area contributed by atoms with Crippen LogP contribution in [0.15, 0.2) is 24.3 Å². The first-order valence-electron chi connectivity index (χ1n) is 6.55. The summed E-state index contributed by atoms with van der Waals surface area (Å²) in [5.74, 6) is -1.10. The van der Waals surface area contributed by atoms with E-state index in [0.717, 1.165) is 5.56 Å². The third-order valence-electron chi connectivity index (χ3n) is 3.42. The summed E-state index contributed by atoms with van der Waals surface area (Å²) < 4.78 is 5.45. The molecule has 5 heteroatoms. The highest BCUT2D eigenvalue weighted by Gasteiger charge is 2.37. The Balaban J connectivity index is 2.15. The number of rotatable bonds is 3. The zero-order chi connectivity index (χ0) is 14.9. The lowest BCUT2D eigenvalue weighted by Crippen LogP contribution is -2.50. The summed E-state index contributed by atoms with van der Waals surface area (Å²) in [4.78, 5) is 23.6. The van der Waals surface area contributed by atoms with Gasteiger partial charge in [0.2, 0.25) is 5.91 Å². The number of carboxylic acid groups (broad SMARTS) is 1. The van der Waals surface area contributed by atoms with Crippen LogP contribution in [0.2, 0.25) is 0 Å². The fraction of sp³-hybridized carbons (Fsp3) is 0.467. The minimum Gasteiger partial charge on any atom is -0.492 e. The average Bonchev–Trinajstić information content (AvgIpc) is 2.77. The average molecular weight is 277 g/mol. The van der Waals surface area contributed by atoms with Gasteiger partial charge in [0.25, 0.3) is 0 Å². The number of hydrogen-bond donors (Lipinski definition) is 2. The maximum Gasteiger partial charge on any atom is 0.326 e. The normalized spacial score (nSPS) is 18.9. The Hall–Kier alpha value is -2.04. The molecule has 1 heterocycles. The summed E-state index contributed by atoms with van der Waals surface area (Å²) in [6.07, 6.45) is 0. The number of fused-ring (bicyclic) bond motifs is 1. The number of para-hydroxylation sites is 1. The molecule has 2 N–H and O–H groups in total. The fourth-order valence-corrected chi connectivity index (χ4v) is 2.27. The van der Waals surface area contributed by atoms with Crippen LogP contribution in [-0.4, -0.2) is 29.6 Å². The minimum absolute atomic E-state index is 0.252. The Morgan fingerprint density at radius 2 is 2.00 bits per heavy atom. The van der Waals surface area contributed by atoms with Gasteiger partial charge in [-0.05, 0) is 11.5 Å². The highest BCUT2D eigenvalue weighted by atomic mass is 16.5. The van der Waals surface area contributed by atoms with Gasteiger partial charge >= 0.3 is 5.97 Å². The predicted molar refractivity (Wildman–Crippen MR) is 73.7 cm³/mol. The maximum atomic E-state index is 12.3. The maximum absolute atomic E-state index is 12.3. The summed E-state index contributed by atoms with van der Waals surface area (Å²) in [5.41, 5.74) is 0.253. The first-order chi connectivity index (χ1) is 9.30. The number of amides is 1. The smallest absolute Gasteiger partial charge is 0.326 e. The Morgan fingerprint density at radius 3 is 2.60 bits per heavy atom. The second-order valence-electron chi connectivity index (χ2n) is 6.05. The third-order valence-corrected chi connectivity index (χ3v) is 3.42. The van der Waals surface area contributed by atoms with Gasteiger partial charge in [0, 0.05) is 5.56 Å². The molecule has 108 valence electrons. The molecule has 5 nitrogen and oxygen atoms in total. The first-order valence-corrected chi connectivity index (χ1v) is 6.55. The van der Waals surface area contributed by atoms with Gasteiger partial charge in [-0.3, -0.25) is 4.79 Å². The number of carboxylic acids is 1. The number of ether oxygens (including phenoxy) is 1. The second-order valence-corrected chi connectivity index (χ2v) is 6.05. The van der Waals surface area contributed by atoms with Crippen LogP contribution < -0.4 is 10.1 Å². The van der Waals surface area contributed by atoms with E-state index in [0.29, 0.717) is 5.75 Å². The molecule has 0 aliphatic carbocycles. The Kier molecular flexibility index (Phi) is 3.70. The van der Waals surface area contributed by atoms with Gasteiger partial charge in [-0.2, -0.15) is 0 Å². The predicted octanol–water partition coefficient (Wildman–Crippen LogP) is 1.78. The van der Waals surface area contributed by atoms with E-state index in [2.05, 4.69) is 5.32 Å². The molecule has 1 amide bonds. The fourth-order valence-electron chi connectivity index (χ4n) is 2.27. The monoisotopic (exact) mass is 277 g/mol. The molecule has 1 aliphatic heterocycles. The molecule has 0 aromatic heterocycles. The van der Waals surface area contributed by atoms with Crippen molar-refractivity contribution in [3.63, 3.8) is 0 Å². The molecule has 0 saturated heterocycles. The quantitative estimate of drug-likeness (QED) is 0.883. The van der Waals surface area contributed by atoms with Crippen molar-refractivity contribution in [2.24, 2.45) is 5.41 Å². The molecular weight excluding hydrogens is 258 g/mol. The van der Waals surface area contributed by atoms with E-state index in [1.165, 1.54) is 0 Å². The van der Waals surface area contributed by atoms with Crippen LogP contribution in [0, 0.1) is 5.41 Å². The van der Waals surface area contributed by atoms with Gasteiger partial charge in [-0.1, -0.05) is 39.0 Å². The molecule has 2 unspecified atom stereocenters. The molecule has 0 fully saturated rings. The summed E-state index contributed by atoms with van der Waals surface area (Å²) in [7, 11) is 0. The molecular formula is C15H19NO4. The molecule has 0 radical (unpaired) electrons. The van der Waals surface area contributed by atoms with Crippen molar-refractivity contribution in [3.8, 4) is 5.75 Å². The van der Waals surface area contributed by atoms with Crippen LogP contribution in [0.25, 0.3) is 0 Å². The molecule has 0 bridgehead atoms. The van der Waals surface area contributed by atoms with Crippen LogP contribution >= 0.6 is 0 Å². The zero-order valence-electron chi connectivity index (χ0n) is 11.8. The number of aliphatic carboxylic acids is 1. The summed E-state index contributed by atoms with van der Waals surface area (Å²) in [5, 5.41) is 11.9. The SMILES string of the molecule is CC(C)(C)C(NC(=O)C1COc2ccccc21)C(=O)O. The summed E-state index contributed by atoms with van der Waals surface area (Å²) >= 11 is 0. The van der Waals surface area contributed by atoms with Crippen molar-refractivity contribution in [2.75, 3.05) is 6.61 Å². The van der Waals surface area contributed by atoms with Crippen molar-refractivity contribution >= 4 is 11.9 Å². The van der Waals surface area contributed by atoms with Crippen LogP contribution in [0.4, 0.5) is 0 Å². The van der Waals surface area contributed by atoms with Crippen molar-refractivity contribution < 1.29 is 19.4 Å². The zero-order valence-corrected chi connectivity index (χ0v) is 11.8. The number of hydrogen-bond acceptors (Lipinski definition) is 3. The van der Waals surface area contributed by atoms with Crippen molar-refractivity contribution in [3.05, 3.63) is 29.8 Å². The lowest BCUT2D eigenvalue weighted by atomic mass is 9.86. The van der Waals surface area contributed by atoms with Gasteiger partial charge in [0.1, 0.15) is 24.3 Å². The van der Waals surface area contributed by atoms with Crippen LogP contribution in [0.5, 0.6) is 5.75 Å². The third kappa shape index (κ3) is 2.76. The van der Waals surface area contributed by atoms with Gasteiger partial charge in [0.15, 0.2) is 0 Å². The minimum atomic E-state index is -1.03. The standard InChI is InChI=1S/C15H19NO4/c1-15(2,3)12(14(18)19)16-13(17)10-8-20-11-7-5-4-6-9(10)11/h4-7,10,12H,8H2,1-3H3,(H,16,17)(H,18,19). The number of nitrogens with one attached hydrogen (secondary N) is 1. The van der Waals surface area contributed by atoms with Crippen molar-refractivity contribution in [1.82, 2.24) is 5.32 Å². The molecule has 0 spiro atoms. The highest BCUT2D eigenvalue weighted by Crippen LogP contribution is 2.34. The second kappa shape index (κ2) is 5.15. The van der Waals surface area contributed by atoms with E-state index >= 15 is 0 Å². The summed E-state index contributed by atoms with van der Waals surface area (Å²) in [6, 6.07) is 6.39. The lowest BCUT2D eigenvalue weighted by Gasteiger charge is -2.28. The Bertz CT molecular complexity index is 533. The summed E-state index contributed by atoms with van der Waals surface area (Å²) in [6.45, 7) is 5.60. The Morgan fingerprint density at radius 1 is 1.35 bits per heavy atom. The van der Waals surface area contributed by atoms with Crippen molar-refractivity contribution in [1.29, 1.82) is 0 Å². The van der Waals surface area contributed by atoms with E-state index in [9.17, 15) is 14.7 Å². The van der Waals surface area contributed by atoms with E-state index < -0.39 is 23.3 Å². The first kappa shape index (κ1) is 14.4. The number of carbonyl (C=O) groups excluding carboxylic acids is 1. The van der Waals surface area contributed by atoms with Gasteiger partial charge in [-0.25, -0.2) is 4.79 Å². The van der Waals surface area contributed by atoms with Gasteiger partial charge in [0.05, 0.1) is 0 Å². The van der Waals surface area contributed by atoms with E-state index in [-0.39, 0.29) is 12.5 Å². The number of benzene rings is 1. The van der Waals surface area contributed by atoms with Crippen LogP contribution in [0.1, 0.15) is 32.3 Å². The van der Waals surface area contributed by atoms with E-state index in [4.69, 9.17) is 4.74 Å². The molecule has 1 aliphatic rings. The van der Waals surface area contributed by atoms with Gasteiger partial charge < -0.3 is 15.2 Å². The van der Waals surface area contributed by atoms with Gasteiger partial charge in [-0.15, -0.1) is 0 Å². The van der Waals surface area contributed by atoms with Crippen LogP contribution in [0.3, 0.4) is 0 Å². The lowest BCUT2D eigenvalue weighted by molar-refractivity contribution is -0.145. The molecule has 1 aromatic rings. The largest absolute Gasteiger partial charge is 0.492 e. The highest BCUT2D eigenvalue weighted by molar-refractivity contribution is 5.89. The molecule has 1 aromatic carbocycles. The molecule has 0 saturated carbocycles.